The van der Waals surface area contributed by atoms with Gasteiger partial charge in [-0.15, -0.1) is 0 Å². The van der Waals surface area contributed by atoms with Crippen molar-refractivity contribution in [1.82, 2.24) is 9.78 Å². The van der Waals surface area contributed by atoms with E-state index in [1.54, 1.807) is 35.9 Å². The number of halogens is 1. The predicted molar refractivity (Wildman–Crippen MR) is 127 cm³/mol. The van der Waals surface area contributed by atoms with Gasteiger partial charge in [0, 0.05) is 10.0 Å². The van der Waals surface area contributed by atoms with Gasteiger partial charge < -0.3 is 5.32 Å². The first-order valence-corrected chi connectivity index (χ1v) is 10.6. The lowest BCUT2D eigenvalue weighted by Crippen LogP contribution is -2.24. The van der Waals surface area contributed by atoms with Crippen LogP contribution in [0.2, 0.25) is 0 Å². The van der Waals surface area contributed by atoms with Crippen LogP contribution in [0.5, 0.6) is 0 Å². The van der Waals surface area contributed by atoms with Crippen LogP contribution >= 0.6 is 15.9 Å². The molecule has 1 amide bonds. The molecule has 0 aliphatic heterocycles. The van der Waals surface area contributed by atoms with Crippen LogP contribution in [0.1, 0.15) is 21.6 Å². The summed E-state index contributed by atoms with van der Waals surface area (Å²) in [5.74, 6) is 0.00849. The van der Waals surface area contributed by atoms with Gasteiger partial charge in [-0.2, -0.15) is 5.10 Å². The van der Waals surface area contributed by atoms with E-state index in [1.165, 1.54) is 0 Å². The number of hydrogen-bond acceptors (Lipinski definition) is 3. The van der Waals surface area contributed by atoms with E-state index in [0.717, 1.165) is 15.7 Å². The first-order chi connectivity index (χ1) is 14.9. The van der Waals surface area contributed by atoms with Crippen LogP contribution in [0.3, 0.4) is 0 Å². The van der Waals surface area contributed by atoms with E-state index in [0.29, 0.717) is 28.2 Å². The third-order valence-electron chi connectivity index (χ3n) is 4.93. The lowest BCUT2D eigenvalue weighted by molar-refractivity contribution is 0.102. The molecule has 1 N–H and O–H groups in total. The Kier molecular flexibility index (Phi) is 5.82. The minimum atomic E-state index is -0.324. The van der Waals surface area contributed by atoms with Gasteiger partial charge in [0.05, 0.1) is 11.3 Å². The molecule has 154 valence electrons. The summed E-state index contributed by atoms with van der Waals surface area (Å²) in [6.45, 7) is 3.68. The zero-order chi connectivity index (χ0) is 22.0. The SMILES string of the molecule is Cc1ccc(-n2nc(C)c(=O)c(-c3ccccc3)c2NC(=O)c2ccc(Br)cc2)cc1. The van der Waals surface area contributed by atoms with Crippen molar-refractivity contribution in [2.45, 2.75) is 13.8 Å². The van der Waals surface area contributed by atoms with Crippen molar-refractivity contribution < 1.29 is 4.79 Å². The zero-order valence-electron chi connectivity index (χ0n) is 17.1. The van der Waals surface area contributed by atoms with E-state index < -0.39 is 0 Å². The molecule has 1 aromatic heterocycles. The van der Waals surface area contributed by atoms with Crippen molar-refractivity contribution >= 4 is 27.7 Å². The molecule has 1 heterocycles. The average molecular weight is 474 g/mol. The number of aryl methyl sites for hydroxylation is 2. The third-order valence-corrected chi connectivity index (χ3v) is 5.46. The maximum absolute atomic E-state index is 13.2. The monoisotopic (exact) mass is 473 g/mol. The van der Waals surface area contributed by atoms with Crippen LogP contribution in [0.4, 0.5) is 5.82 Å². The molecule has 0 saturated heterocycles. The number of nitrogens with one attached hydrogen (secondary N) is 1. The number of anilines is 1. The van der Waals surface area contributed by atoms with Gasteiger partial charge in [-0.1, -0.05) is 64.0 Å². The summed E-state index contributed by atoms with van der Waals surface area (Å²) >= 11 is 3.38. The maximum Gasteiger partial charge on any atom is 0.256 e. The average Bonchev–Trinajstić information content (AvgIpc) is 2.78. The Bertz CT molecular complexity index is 1300. The largest absolute Gasteiger partial charge is 0.306 e. The second kappa shape index (κ2) is 8.70. The number of amides is 1. The molecule has 4 aromatic rings. The van der Waals surface area contributed by atoms with Gasteiger partial charge in [0.15, 0.2) is 0 Å². The molecule has 0 radical (unpaired) electrons. The Morgan fingerprint density at radius 2 is 1.55 bits per heavy atom. The van der Waals surface area contributed by atoms with Crippen molar-refractivity contribution in [3.05, 3.63) is 110 Å². The fourth-order valence-corrected chi connectivity index (χ4v) is 3.55. The van der Waals surface area contributed by atoms with Crippen LogP contribution in [0.25, 0.3) is 16.8 Å². The van der Waals surface area contributed by atoms with E-state index >= 15 is 0 Å². The Labute approximate surface area is 188 Å². The van der Waals surface area contributed by atoms with E-state index in [9.17, 15) is 9.59 Å². The fourth-order valence-electron chi connectivity index (χ4n) is 3.28. The molecule has 5 nitrogen and oxygen atoms in total. The molecule has 0 spiro atoms. The number of benzene rings is 3. The fraction of sp³-hybridized carbons (Fsp3) is 0.0800. The smallest absolute Gasteiger partial charge is 0.256 e. The number of carbonyl (C=O) groups excluding carboxylic acids is 1. The molecule has 4 rings (SSSR count). The minimum Gasteiger partial charge on any atom is -0.306 e. The topological polar surface area (TPSA) is 64.0 Å². The van der Waals surface area contributed by atoms with Crippen molar-refractivity contribution in [2.75, 3.05) is 5.32 Å². The van der Waals surface area contributed by atoms with Gasteiger partial charge in [-0.05, 0) is 55.8 Å². The van der Waals surface area contributed by atoms with E-state index in [-0.39, 0.29) is 11.3 Å². The van der Waals surface area contributed by atoms with E-state index in [4.69, 9.17) is 0 Å². The van der Waals surface area contributed by atoms with E-state index in [1.807, 2.05) is 61.5 Å². The van der Waals surface area contributed by atoms with Crippen LogP contribution in [0, 0.1) is 13.8 Å². The molecular formula is C25H20BrN3O2. The van der Waals surface area contributed by atoms with Crippen LogP contribution < -0.4 is 10.7 Å². The Morgan fingerprint density at radius 1 is 0.903 bits per heavy atom. The maximum atomic E-state index is 13.2. The summed E-state index contributed by atoms with van der Waals surface area (Å²) in [5.41, 5.74) is 3.57. The first kappa shape index (κ1) is 20.8. The Morgan fingerprint density at radius 3 is 2.19 bits per heavy atom. The summed E-state index contributed by atoms with van der Waals surface area (Å²) < 4.78 is 2.50. The van der Waals surface area contributed by atoms with Crippen molar-refractivity contribution in [2.24, 2.45) is 0 Å². The Balaban J connectivity index is 1.94. The summed E-state index contributed by atoms with van der Waals surface area (Å²) in [6.07, 6.45) is 0. The molecule has 0 fully saturated rings. The number of nitrogens with zero attached hydrogens (tertiary/aromatic N) is 2. The quantitative estimate of drug-likeness (QED) is 0.423. The normalized spacial score (nSPS) is 10.7. The number of aromatic nitrogens is 2. The highest BCUT2D eigenvalue weighted by Crippen LogP contribution is 2.27. The molecular weight excluding hydrogens is 454 g/mol. The third kappa shape index (κ3) is 4.34. The lowest BCUT2D eigenvalue weighted by atomic mass is 10.0. The van der Waals surface area contributed by atoms with Crippen molar-refractivity contribution in [1.29, 1.82) is 0 Å². The molecule has 0 atom stereocenters. The van der Waals surface area contributed by atoms with Crippen LogP contribution in [-0.4, -0.2) is 15.7 Å². The number of hydrogen-bond donors (Lipinski definition) is 1. The predicted octanol–water partition coefficient (Wildman–Crippen LogP) is 5.53. The van der Waals surface area contributed by atoms with Gasteiger partial charge >= 0.3 is 0 Å². The molecule has 6 heteroatoms. The molecule has 0 aliphatic rings. The highest BCUT2D eigenvalue weighted by molar-refractivity contribution is 9.10. The standard InChI is InChI=1S/C25H20BrN3O2/c1-16-8-14-21(15-9-16)29-24(27-25(31)19-10-12-20(26)13-11-19)22(23(30)17(2)28-29)18-6-4-3-5-7-18/h3-15H,1-2H3,(H,27,31). The Hall–Kier alpha value is -3.51. The minimum absolute atomic E-state index is 0.222. The first-order valence-electron chi connectivity index (χ1n) is 9.77. The molecule has 0 saturated carbocycles. The van der Waals surface area contributed by atoms with Crippen LogP contribution in [-0.2, 0) is 0 Å². The second-order valence-corrected chi connectivity index (χ2v) is 8.13. The molecule has 3 aromatic carbocycles. The van der Waals surface area contributed by atoms with Crippen molar-refractivity contribution in [3.8, 4) is 16.8 Å². The van der Waals surface area contributed by atoms with Gasteiger partial charge in [-0.3, -0.25) is 9.59 Å². The molecule has 0 aliphatic carbocycles. The summed E-state index contributed by atoms with van der Waals surface area (Å²) in [5, 5.41) is 7.44. The van der Waals surface area contributed by atoms with Crippen LogP contribution in [0.15, 0.2) is 88.1 Å². The van der Waals surface area contributed by atoms with Gasteiger partial charge in [0.1, 0.15) is 11.5 Å². The molecule has 31 heavy (non-hydrogen) atoms. The summed E-state index contributed by atoms with van der Waals surface area (Å²) in [4.78, 5) is 26.2. The number of rotatable bonds is 4. The summed E-state index contributed by atoms with van der Waals surface area (Å²) in [6, 6.07) is 24.1. The van der Waals surface area contributed by atoms with Gasteiger partial charge in [0.25, 0.3) is 5.91 Å². The molecule has 0 bridgehead atoms. The second-order valence-electron chi connectivity index (χ2n) is 7.21. The van der Waals surface area contributed by atoms with E-state index in [2.05, 4.69) is 26.3 Å². The summed E-state index contributed by atoms with van der Waals surface area (Å²) in [7, 11) is 0. The van der Waals surface area contributed by atoms with Gasteiger partial charge in [0.2, 0.25) is 5.43 Å². The zero-order valence-corrected chi connectivity index (χ0v) is 18.7. The number of carbonyl (C=O) groups is 1. The highest BCUT2D eigenvalue weighted by atomic mass is 79.9. The highest BCUT2D eigenvalue weighted by Gasteiger charge is 2.20. The molecule has 0 unspecified atom stereocenters. The lowest BCUT2D eigenvalue weighted by Gasteiger charge is -2.18. The van der Waals surface area contributed by atoms with Gasteiger partial charge in [-0.25, -0.2) is 4.68 Å². The van der Waals surface area contributed by atoms with Crippen molar-refractivity contribution in [3.63, 3.8) is 0 Å².